The Balaban J connectivity index is 0.916. The van der Waals surface area contributed by atoms with E-state index < -0.39 is 29.8 Å². The molecule has 3 aromatic rings. The SMILES string of the molecule is CC(C)(C)OC(=O)N1C[C@@H](CCCNc2cccc(S(=O)(=O)NC(=O)c3ccc(-n4ccc(OCC(O[Si](C)(C)C(C)(C)C)C5C6(CC6)C56CC6)n4)nc3Cl)n2)CC1(C)C. The summed E-state index contributed by atoms with van der Waals surface area (Å²) in [5.74, 6) is 0.999. The molecule has 1 unspecified atom stereocenters. The van der Waals surface area contributed by atoms with Crippen molar-refractivity contribution in [2.24, 2.45) is 22.7 Å². The lowest BCUT2D eigenvalue weighted by Crippen LogP contribution is -2.46. The fraction of sp³-hybridized carbons (Fsp3) is 0.651. The summed E-state index contributed by atoms with van der Waals surface area (Å²) in [5.41, 5.74) is -0.0821. The Morgan fingerprint density at radius 2 is 1.68 bits per heavy atom. The van der Waals surface area contributed by atoms with Crippen LogP contribution in [-0.2, 0) is 19.2 Å². The van der Waals surface area contributed by atoms with Crippen LogP contribution in [0.5, 0.6) is 5.88 Å². The van der Waals surface area contributed by atoms with Gasteiger partial charge in [-0.15, -0.1) is 5.10 Å². The summed E-state index contributed by atoms with van der Waals surface area (Å²) >= 11 is 6.47. The number of sulfonamides is 1. The second-order valence-corrected chi connectivity index (χ2v) is 27.2. The molecule has 4 aliphatic rings. The molecule has 2 amide bonds. The van der Waals surface area contributed by atoms with Crippen LogP contribution >= 0.6 is 11.6 Å². The predicted molar refractivity (Wildman–Crippen MR) is 232 cm³/mol. The maximum Gasteiger partial charge on any atom is 0.410 e. The van der Waals surface area contributed by atoms with E-state index in [2.05, 4.69) is 72.8 Å². The Kier molecular flexibility index (Phi) is 11.5. The molecule has 4 fully saturated rings. The molecule has 0 radical (unpaired) electrons. The average Bonchev–Trinajstić information content (AvgIpc) is 4.09. The molecule has 17 heteroatoms. The summed E-state index contributed by atoms with van der Waals surface area (Å²) in [4.78, 5) is 36.4. The highest BCUT2D eigenvalue weighted by atomic mass is 35.5. The zero-order valence-electron chi connectivity index (χ0n) is 36.7. The summed E-state index contributed by atoms with van der Waals surface area (Å²) < 4.78 is 49.1. The fourth-order valence-corrected chi connectivity index (χ4v) is 11.7. The van der Waals surface area contributed by atoms with Crippen LogP contribution in [0.1, 0.15) is 111 Å². The van der Waals surface area contributed by atoms with Crippen molar-refractivity contribution in [2.45, 2.75) is 141 Å². The molecule has 2 atom stereocenters. The Hall–Kier alpha value is -3.73. The summed E-state index contributed by atoms with van der Waals surface area (Å²) in [6.45, 7) is 22.6. The first kappa shape index (κ1) is 44.3. The number of nitrogens with zero attached hydrogens (tertiary/aromatic N) is 5. The first-order valence-corrected chi connectivity index (χ1v) is 26.0. The number of fused-ring (bicyclic) bond motifs is 1. The lowest BCUT2D eigenvalue weighted by molar-refractivity contribution is 0.0130. The minimum absolute atomic E-state index is 0.0119. The molecule has 1 aliphatic heterocycles. The molecule has 3 aliphatic carbocycles. The standard InChI is InChI=1S/C43H62ClN7O7SSi/c1-39(2,3)57-38(53)50-26-28(25-41(50,7)8)13-12-23-45-31-14-11-15-34(46-31)59(54,55)49-37(52)29-16-17-32(47-36(29)44)51-24-18-33(48-51)56-27-30(58-60(9,10)40(4,5)6)35-42(19-20-42)43(35)21-22-43/h11,14-18,24,28,30,35H,12-13,19-23,25-27H2,1-10H3,(H,45,46)(H,49,52)/t28-,30?/m0/s1. The van der Waals surface area contributed by atoms with Gasteiger partial charge in [-0.2, -0.15) is 8.42 Å². The number of carbonyl (C=O) groups is 2. The molecular weight excluding hydrogens is 822 g/mol. The van der Waals surface area contributed by atoms with Crippen molar-refractivity contribution in [3.8, 4) is 11.7 Å². The number of amides is 2. The zero-order valence-corrected chi connectivity index (χ0v) is 39.3. The van der Waals surface area contributed by atoms with Crippen LogP contribution in [0.15, 0.2) is 47.6 Å². The Labute approximate surface area is 361 Å². The number of anilines is 1. The van der Waals surface area contributed by atoms with Crippen LogP contribution in [0.3, 0.4) is 0 Å². The Morgan fingerprint density at radius 3 is 2.30 bits per heavy atom. The van der Waals surface area contributed by atoms with Gasteiger partial charge in [0.25, 0.3) is 15.9 Å². The van der Waals surface area contributed by atoms with Gasteiger partial charge < -0.3 is 24.1 Å². The number of pyridine rings is 2. The largest absolute Gasteiger partial charge is 0.474 e. The predicted octanol–water partition coefficient (Wildman–Crippen LogP) is 8.62. The van der Waals surface area contributed by atoms with Crippen molar-refractivity contribution >= 4 is 47.8 Å². The minimum Gasteiger partial charge on any atom is -0.474 e. The van der Waals surface area contributed by atoms with Crippen LogP contribution in [-0.4, -0.2) is 90.3 Å². The van der Waals surface area contributed by atoms with Crippen molar-refractivity contribution in [2.75, 3.05) is 25.0 Å². The number of aromatic nitrogens is 4. The van der Waals surface area contributed by atoms with Crippen LogP contribution in [0.25, 0.3) is 5.82 Å². The monoisotopic (exact) mass is 883 g/mol. The van der Waals surface area contributed by atoms with Crippen molar-refractivity contribution in [1.29, 1.82) is 0 Å². The summed E-state index contributed by atoms with van der Waals surface area (Å²) in [7, 11) is -6.41. The highest BCUT2D eigenvalue weighted by molar-refractivity contribution is 7.90. The minimum atomic E-state index is -4.36. The molecule has 14 nitrogen and oxygen atoms in total. The molecule has 60 heavy (non-hydrogen) atoms. The second kappa shape index (κ2) is 15.6. The molecule has 2 N–H and O–H groups in total. The van der Waals surface area contributed by atoms with Crippen molar-refractivity contribution < 1.29 is 31.9 Å². The highest BCUT2D eigenvalue weighted by Crippen LogP contribution is 2.93. The van der Waals surface area contributed by atoms with Crippen molar-refractivity contribution in [1.82, 2.24) is 29.4 Å². The molecular formula is C43H62ClN7O7SSi. The van der Waals surface area contributed by atoms with Gasteiger partial charge in [0.2, 0.25) is 5.88 Å². The highest BCUT2D eigenvalue weighted by Gasteiger charge is 2.88. The van der Waals surface area contributed by atoms with E-state index in [1.165, 1.54) is 48.6 Å². The van der Waals surface area contributed by atoms with E-state index in [1.54, 1.807) is 24.4 Å². The third kappa shape index (κ3) is 9.07. The van der Waals surface area contributed by atoms with E-state index in [0.717, 1.165) is 19.3 Å². The molecule has 4 heterocycles. The van der Waals surface area contributed by atoms with Gasteiger partial charge in [0.15, 0.2) is 19.2 Å². The first-order valence-electron chi connectivity index (χ1n) is 21.2. The fourth-order valence-electron chi connectivity index (χ4n) is 9.25. The number of halogens is 1. The Morgan fingerprint density at radius 1 is 1.00 bits per heavy atom. The molecule has 2 spiro atoms. The first-order chi connectivity index (χ1) is 27.9. The normalized spacial score (nSPS) is 20.9. The topological polar surface area (TPSA) is 167 Å². The van der Waals surface area contributed by atoms with E-state index in [1.807, 2.05) is 25.7 Å². The van der Waals surface area contributed by atoms with Crippen LogP contribution in [0.2, 0.25) is 23.3 Å². The summed E-state index contributed by atoms with van der Waals surface area (Å²) in [6, 6.07) is 9.23. The van der Waals surface area contributed by atoms with E-state index in [0.29, 0.717) is 59.9 Å². The number of hydrogen-bond acceptors (Lipinski definition) is 11. The molecule has 328 valence electrons. The van der Waals surface area contributed by atoms with Gasteiger partial charge in [0, 0.05) is 30.9 Å². The number of likely N-dealkylation sites (tertiary alicyclic amines) is 1. The van der Waals surface area contributed by atoms with Gasteiger partial charge in [-0.05, 0) is 145 Å². The van der Waals surface area contributed by atoms with Gasteiger partial charge in [-0.3, -0.25) is 4.79 Å². The molecule has 1 saturated heterocycles. The third-order valence-corrected chi connectivity index (χ3v) is 19.5. The van der Waals surface area contributed by atoms with E-state index in [9.17, 15) is 18.0 Å². The van der Waals surface area contributed by atoms with Crippen LogP contribution in [0.4, 0.5) is 10.6 Å². The van der Waals surface area contributed by atoms with E-state index in [4.69, 9.17) is 25.5 Å². The van der Waals surface area contributed by atoms with Crippen LogP contribution < -0.4 is 14.8 Å². The molecule has 7 rings (SSSR count). The summed E-state index contributed by atoms with van der Waals surface area (Å²) in [5, 5.41) is 7.33. The number of rotatable bonds is 15. The molecule has 0 aromatic carbocycles. The van der Waals surface area contributed by atoms with E-state index >= 15 is 0 Å². The smallest absolute Gasteiger partial charge is 0.410 e. The third-order valence-electron chi connectivity index (χ3n) is 13.5. The lowest BCUT2D eigenvalue weighted by Gasteiger charge is -2.39. The maximum atomic E-state index is 13.3. The maximum absolute atomic E-state index is 13.3. The van der Waals surface area contributed by atoms with Gasteiger partial charge in [0.1, 0.15) is 23.2 Å². The molecule has 3 aromatic heterocycles. The van der Waals surface area contributed by atoms with E-state index in [-0.39, 0.29) is 38.5 Å². The van der Waals surface area contributed by atoms with Gasteiger partial charge in [0.05, 0.1) is 11.7 Å². The number of hydrogen-bond donors (Lipinski definition) is 2. The second-order valence-electron chi connectivity index (χ2n) is 20.5. The number of nitrogens with one attached hydrogen (secondary N) is 2. The summed E-state index contributed by atoms with van der Waals surface area (Å²) in [6.07, 6.45) is 9.07. The van der Waals surface area contributed by atoms with Gasteiger partial charge >= 0.3 is 6.09 Å². The lowest BCUT2D eigenvalue weighted by atomic mass is 9.93. The number of carbonyl (C=O) groups excluding carboxylic acids is 2. The Bertz CT molecular complexity index is 2210. The van der Waals surface area contributed by atoms with Crippen LogP contribution in [0, 0.1) is 22.7 Å². The molecule has 3 saturated carbocycles. The quantitative estimate of drug-likeness (QED) is 0.0852. The van der Waals surface area contributed by atoms with Gasteiger partial charge in [-0.25, -0.2) is 24.2 Å². The van der Waals surface area contributed by atoms with Crippen molar-refractivity contribution in [3.63, 3.8) is 0 Å². The van der Waals surface area contributed by atoms with Crippen molar-refractivity contribution in [3.05, 3.63) is 53.3 Å². The number of ether oxygens (including phenoxy) is 2. The average molecular weight is 885 g/mol. The molecule has 0 bridgehead atoms. The zero-order chi connectivity index (χ0) is 43.7. The van der Waals surface area contributed by atoms with Gasteiger partial charge in [-0.1, -0.05) is 38.4 Å².